The van der Waals surface area contributed by atoms with Gasteiger partial charge in [0, 0.05) is 12.1 Å². The van der Waals surface area contributed by atoms with E-state index in [9.17, 15) is 4.79 Å². The van der Waals surface area contributed by atoms with Crippen molar-refractivity contribution < 1.29 is 9.53 Å². The Morgan fingerprint density at radius 1 is 0.902 bits per heavy atom. The van der Waals surface area contributed by atoms with E-state index in [1.54, 1.807) is 4.90 Å². The summed E-state index contributed by atoms with van der Waals surface area (Å²) in [6, 6.07) is 19.7. The summed E-state index contributed by atoms with van der Waals surface area (Å²) in [7, 11) is 0. The van der Waals surface area contributed by atoms with E-state index in [4.69, 9.17) is 9.72 Å². The van der Waals surface area contributed by atoms with E-state index < -0.39 is 5.60 Å². The molecular formula is C33H36N6O2. The van der Waals surface area contributed by atoms with Gasteiger partial charge in [-0.1, -0.05) is 30.3 Å². The van der Waals surface area contributed by atoms with E-state index in [2.05, 4.69) is 74.9 Å². The van der Waals surface area contributed by atoms with Gasteiger partial charge in [0.1, 0.15) is 17.2 Å². The van der Waals surface area contributed by atoms with Crippen LogP contribution in [0, 0.1) is 0 Å². The number of aromatic nitrogens is 4. The lowest BCUT2D eigenvalue weighted by atomic mass is 9.99. The maximum Gasteiger partial charge on any atom is 0.410 e. The van der Waals surface area contributed by atoms with Gasteiger partial charge in [0.05, 0.1) is 35.0 Å². The Morgan fingerprint density at radius 3 is 2.44 bits per heavy atom. The van der Waals surface area contributed by atoms with E-state index in [1.165, 1.54) is 17.2 Å². The summed E-state index contributed by atoms with van der Waals surface area (Å²) in [6.45, 7) is 7.43. The molecule has 0 bridgehead atoms. The highest BCUT2D eigenvalue weighted by Gasteiger charge is 2.35. The van der Waals surface area contributed by atoms with Gasteiger partial charge < -0.3 is 20.0 Å². The zero-order valence-electron chi connectivity index (χ0n) is 23.8. The molecule has 2 saturated heterocycles. The van der Waals surface area contributed by atoms with Gasteiger partial charge in [-0.3, -0.25) is 4.90 Å². The number of imidazole rings is 2. The molecule has 1 amide bonds. The molecule has 8 nitrogen and oxygen atoms in total. The van der Waals surface area contributed by atoms with Gasteiger partial charge in [-0.25, -0.2) is 14.8 Å². The molecule has 2 aliphatic rings. The third-order valence-corrected chi connectivity index (χ3v) is 8.17. The first-order valence-electron chi connectivity index (χ1n) is 14.6. The van der Waals surface area contributed by atoms with Crippen LogP contribution in [0.5, 0.6) is 0 Å². The molecule has 0 aliphatic carbocycles. The number of amides is 1. The van der Waals surface area contributed by atoms with E-state index in [0.29, 0.717) is 12.6 Å². The summed E-state index contributed by atoms with van der Waals surface area (Å²) >= 11 is 0. The largest absolute Gasteiger partial charge is 0.444 e. The summed E-state index contributed by atoms with van der Waals surface area (Å²) in [6.07, 6.45) is 5.79. The SMILES string of the molecule is CC(C)(C)OC(=O)N1CCC[C@H]1c1nc2ccc(-c3ccc4cc(-c5cnc(C6CCCN6)[nH]5)ccc4c3)cc2[nH]1. The molecule has 1 unspecified atom stereocenters. The Kier molecular flexibility index (Phi) is 6.31. The van der Waals surface area contributed by atoms with Crippen LogP contribution in [0.1, 0.15) is 70.2 Å². The van der Waals surface area contributed by atoms with Crippen molar-refractivity contribution in [3.8, 4) is 22.4 Å². The Hall–Kier alpha value is -4.17. The van der Waals surface area contributed by atoms with Crippen molar-refractivity contribution in [2.75, 3.05) is 13.1 Å². The highest BCUT2D eigenvalue weighted by Crippen LogP contribution is 2.34. The molecule has 2 aliphatic heterocycles. The van der Waals surface area contributed by atoms with Crippen LogP contribution in [0.3, 0.4) is 0 Å². The van der Waals surface area contributed by atoms with Crippen molar-refractivity contribution in [2.45, 2.75) is 64.1 Å². The highest BCUT2D eigenvalue weighted by molar-refractivity contribution is 5.91. The van der Waals surface area contributed by atoms with Crippen LogP contribution in [0.25, 0.3) is 44.2 Å². The van der Waals surface area contributed by atoms with Gasteiger partial charge in [0.15, 0.2) is 0 Å². The number of aromatic amines is 2. The maximum atomic E-state index is 12.8. The number of rotatable bonds is 4. The van der Waals surface area contributed by atoms with Gasteiger partial charge in [-0.15, -0.1) is 0 Å². The molecule has 0 saturated carbocycles. The van der Waals surface area contributed by atoms with Crippen molar-refractivity contribution in [1.82, 2.24) is 30.2 Å². The fourth-order valence-electron chi connectivity index (χ4n) is 6.13. The van der Waals surface area contributed by atoms with Crippen LogP contribution in [-0.2, 0) is 4.74 Å². The monoisotopic (exact) mass is 548 g/mol. The molecule has 7 rings (SSSR count). The lowest BCUT2D eigenvalue weighted by molar-refractivity contribution is 0.0219. The number of benzene rings is 3. The van der Waals surface area contributed by atoms with Crippen molar-refractivity contribution in [2.24, 2.45) is 0 Å². The van der Waals surface area contributed by atoms with Crippen molar-refractivity contribution >= 4 is 27.9 Å². The number of hydrogen-bond acceptors (Lipinski definition) is 5. The quantitative estimate of drug-likeness (QED) is 0.219. The number of carbonyl (C=O) groups is 1. The first kappa shape index (κ1) is 25.8. The molecule has 5 aromatic rings. The molecular weight excluding hydrogens is 512 g/mol. The molecule has 4 heterocycles. The molecule has 0 spiro atoms. The number of likely N-dealkylation sites (tertiary alicyclic amines) is 1. The Bertz CT molecular complexity index is 1740. The lowest BCUT2D eigenvalue weighted by Gasteiger charge is -2.27. The normalized spacial score (nSPS) is 19.4. The first-order chi connectivity index (χ1) is 19.8. The molecule has 41 heavy (non-hydrogen) atoms. The molecule has 2 atom stereocenters. The number of fused-ring (bicyclic) bond motifs is 2. The van der Waals surface area contributed by atoms with E-state index in [0.717, 1.165) is 70.9 Å². The van der Waals surface area contributed by atoms with E-state index in [1.807, 2.05) is 27.0 Å². The second-order valence-corrected chi connectivity index (χ2v) is 12.3. The number of hydrogen-bond donors (Lipinski definition) is 3. The zero-order chi connectivity index (χ0) is 28.1. The van der Waals surface area contributed by atoms with Gasteiger partial charge in [-0.2, -0.15) is 0 Å². The lowest BCUT2D eigenvalue weighted by Crippen LogP contribution is -2.36. The predicted molar refractivity (Wildman–Crippen MR) is 162 cm³/mol. The fraction of sp³-hybridized carbons (Fsp3) is 0.364. The van der Waals surface area contributed by atoms with Crippen LogP contribution >= 0.6 is 0 Å². The van der Waals surface area contributed by atoms with Gasteiger partial charge in [0.2, 0.25) is 0 Å². The van der Waals surface area contributed by atoms with Gasteiger partial charge >= 0.3 is 6.09 Å². The third-order valence-electron chi connectivity index (χ3n) is 8.17. The predicted octanol–water partition coefficient (Wildman–Crippen LogP) is 7.27. The summed E-state index contributed by atoms with van der Waals surface area (Å²) in [5.74, 6) is 1.84. The van der Waals surface area contributed by atoms with Gasteiger partial charge in [-0.05, 0) is 99.2 Å². The van der Waals surface area contributed by atoms with Crippen LogP contribution in [0.2, 0.25) is 0 Å². The van der Waals surface area contributed by atoms with E-state index in [-0.39, 0.29) is 12.1 Å². The molecule has 2 aromatic heterocycles. The Balaban J connectivity index is 1.13. The number of nitrogens with zero attached hydrogens (tertiary/aromatic N) is 3. The van der Waals surface area contributed by atoms with E-state index >= 15 is 0 Å². The first-order valence-corrected chi connectivity index (χ1v) is 14.6. The molecule has 3 N–H and O–H groups in total. The average molecular weight is 549 g/mol. The minimum atomic E-state index is -0.524. The fourth-order valence-corrected chi connectivity index (χ4v) is 6.13. The number of H-pyrrole nitrogens is 2. The third kappa shape index (κ3) is 5.08. The summed E-state index contributed by atoms with van der Waals surface area (Å²) < 4.78 is 5.65. The number of carbonyl (C=O) groups excluding carboxylic acids is 1. The minimum absolute atomic E-state index is 0.101. The van der Waals surface area contributed by atoms with Crippen molar-refractivity contribution in [3.05, 3.63) is 72.4 Å². The number of ether oxygens (including phenoxy) is 1. The summed E-state index contributed by atoms with van der Waals surface area (Å²) in [5.41, 5.74) is 5.80. The topological polar surface area (TPSA) is 98.9 Å². The summed E-state index contributed by atoms with van der Waals surface area (Å²) in [5, 5.41) is 5.89. The minimum Gasteiger partial charge on any atom is -0.444 e. The van der Waals surface area contributed by atoms with Crippen molar-refractivity contribution in [1.29, 1.82) is 0 Å². The maximum absolute atomic E-state index is 12.8. The number of nitrogens with one attached hydrogen (secondary N) is 3. The average Bonchev–Trinajstić information content (AvgIpc) is 3.77. The second-order valence-electron chi connectivity index (χ2n) is 12.3. The van der Waals surface area contributed by atoms with Crippen LogP contribution < -0.4 is 5.32 Å². The standard InChI is InChI=1S/C33H36N6O2/c1-33(2,3)41-32(40)39-15-5-7-29(39)31-36-25-13-12-23(18-27(25)37-31)21-8-9-22-17-24(11-10-20(22)16-21)28-19-35-30(38-28)26-6-4-14-34-26/h8-13,16-19,26,29,34H,4-7,14-15H2,1-3H3,(H,35,38)(H,36,37)/t26?,29-/m0/s1. The van der Waals surface area contributed by atoms with Crippen LogP contribution in [0.15, 0.2) is 60.8 Å². The molecule has 210 valence electrons. The van der Waals surface area contributed by atoms with Crippen molar-refractivity contribution in [3.63, 3.8) is 0 Å². The highest BCUT2D eigenvalue weighted by atomic mass is 16.6. The smallest absolute Gasteiger partial charge is 0.410 e. The second kappa shape index (κ2) is 10.0. The molecule has 3 aromatic carbocycles. The van der Waals surface area contributed by atoms with Crippen LogP contribution in [-0.4, -0.2) is 49.6 Å². The Labute approximate surface area is 239 Å². The Morgan fingerprint density at radius 2 is 1.66 bits per heavy atom. The molecule has 0 radical (unpaired) electrons. The van der Waals surface area contributed by atoms with Gasteiger partial charge in [0.25, 0.3) is 0 Å². The molecule has 2 fully saturated rings. The van der Waals surface area contributed by atoms with Crippen LogP contribution in [0.4, 0.5) is 4.79 Å². The summed E-state index contributed by atoms with van der Waals surface area (Å²) in [4.78, 5) is 31.1. The molecule has 8 heteroatoms. The zero-order valence-corrected chi connectivity index (χ0v) is 23.8.